The van der Waals surface area contributed by atoms with Gasteiger partial charge < -0.3 is 4.90 Å². The van der Waals surface area contributed by atoms with Gasteiger partial charge in [-0.05, 0) is 31.4 Å². The molecule has 1 amide bonds. The van der Waals surface area contributed by atoms with Gasteiger partial charge >= 0.3 is 0 Å². The Labute approximate surface area is 175 Å². The van der Waals surface area contributed by atoms with Gasteiger partial charge in [-0.15, -0.1) is 0 Å². The van der Waals surface area contributed by atoms with Gasteiger partial charge in [0.1, 0.15) is 5.82 Å². The van der Waals surface area contributed by atoms with Gasteiger partial charge in [0.05, 0.1) is 16.9 Å². The van der Waals surface area contributed by atoms with E-state index >= 15 is 0 Å². The number of hydrogen-bond acceptors (Lipinski definition) is 3. The van der Waals surface area contributed by atoms with E-state index in [2.05, 4.69) is 20.8 Å². The van der Waals surface area contributed by atoms with Gasteiger partial charge in [0.15, 0.2) is 0 Å². The predicted octanol–water partition coefficient (Wildman–Crippen LogP) is 5.37. The van der Waals surface area contributed by atoms with E-state index in [1.54, 1.807) is 11.6 Å². The lowest BCUT2D eigenvalue weighted by atomic mass is 10.1. The van der Waals surface area contributed by atoms with Crippen molar-refractivity contribution in [2.24, 2.45) is 7.05 Å². The molecule has 1 aromatic carbocycles. The summed E-state index contributed by atoms with van der Waals surface area (Å²) in [5, 5.41) is 0.623. The van der Waals surface area contributed by atoms with Crippen LogP contribution in [-0.4, -0.2) is 26.9 Å². The molecule has 5 nitrogen and oxygen atoms in total. The van der Waals surface area contributed by atoms with Crippen LogP contribution in [0.15, 0.2) is 29.1 Å². The fraction of sp³-hybridized carbons (Fsp3) is 0.625. The third kappa shape index (κ3) is 5.91. The molecule has 1 heterocycles. The summed E-state index contributed by atoms with van der Waals surface area (Å²) in [4.78, 5) is 32.8. The van der Waals surface area contributed by atoms with Crippen molar-refractivity contribution in [1.29, 1.82) is 0 Å². The molecule has 0 aliphatic carbocycles. The Hall–Kier alpha value is -2.17. The number of carbonyl (C=O) groups excluding carboxylic acids is 1. The molecule has 0 aliphatic rings. The number of benzene rings is 1. The highest BCUT2D eigenvalue weighted by Gasteiger charge is 2.27. The fourth-order valence-corrected chi connectivity index (χ4v) is 3.91. The molecular weight excluding hydrogens is 362 g/mol. The molecule has 0 bridgehead atoms. The smallest absolute Gasteiger partial charge is 0.261 e. The van der Waals surface area contributed by atoms with Crippen molar-refractivity contribution in [3.05, 3.63) is 40.4 Å². The van der Waals surface area contributed by atoms with Crippen LogP contribution in [0.2, 0.25) is 0 Å². The van der Waals surface area contributed by atoms with Crippen LogP contribution in [0, 0.1) is 0 Å². The van der Waals surface area contributed by atoms with Gasteiger partial charge in [-0.3, -0.25) is 14.2 Å². The average Bonchev–Trinajstić information content (AvgIpc) is 2.73. The maximum absolute atomic E-state index is 13.1. The molecule has 0 radical (unpaired) electrons. The van der Waals surface area contributed by atoms with Gasteiger partial charge in [-0.25, -0.2) is 4.98 Å². The summed E-state index contributed by atoms with van der Waals surface area (Å²) in [6.07, 6.45) is 8.86. The topological polar surface area (TPSA) is 55.2 Å². The quantitative estimate of drug-likeness (QED) is 0.451. The number of para-hydroxylation sites is 1. The summed E-state index contributed by atoms with van der Waals surface area (Å²) in [6.45, 7) is 7.14. The van der Waals surface area contributed by atoms with Crippen LogP contribution in [-0.2, 0) is 11.8 Å². The number of nitrogens with zero attached hydrogens (tertiary/aromatic N) is 3. The van der Waals surface area contributed by atoms with Gasteiger partial charge in [0, 0.05) is 20.0 Å². The molecule has 0 N–H and O–H groups in total. The van der Waals surface area contributed by atoms with Gasteiger partial charge in [-0.2, -0.15) is 0 Å². The molecule has 5 heteroatoms. The monoisotopic (exact) mass is 399 g/mol. The summed E-state index contributed by atoms with van der Waals surface area (Å²) >= 11 is 0. The van der Waals surface area contributed by atoms with Crippen LogP contribution < -0.4 is 5.56 Å². The maximum Gasteiger partial charge on any atom is 0.261 e. The van der Waals surface area contributed by atoms with Crippen LogP contribution in [0.3, 0.4) is 0 Å². The molecule has 0 saturated heterocycles. The number of unbranched alkanes of at least 4 members (excludes halogenated alkanes) is 5. The van der Waals surface area contributed by atoms with Crippen molar-refractivity contribution in [3.8, 4) is 0 Å². The van der Waals surface area contributed by atoms with Gasteiger partial charge in [0.25, 0.3) is 5.56 Å². The van der Waals surface area contributed by atoms with Crippen LogP contribution in [0.4, 0.5) is 0 Å². The van der Waals surface area contributed by atoms with Crippen molar-refractivity contribution >= 4 is 16.8 Å². The van der Waals surface area contributed by atoms with E-state index in [1.807, 2.05) is 29.2 Å². The third-order valence-electron chi connectivity index (χ3n) is 5.65. The minimum atomic E-state index is -0.173. The lowest BCUT2D eigenvalue weighted by molar-refractivity contribution is -0.134. The van der Waals surface area contributed by atoms with E-state index in [0.717, 1.165) is 45.1 Å². The average molecular weight is 400 g/mol. The lowest BCUT2D eigenvalue weighted by Gasteiger charge is -2.32. The molecule has 0 saturated carbocycles. The molecule has 1 atom stereocenters. The standard InChI is InChI=1S/C24H37N3O2/c1-5-8-10-14-18-27(22(28)17-11-9-6-2)21(7-3)23-25-20-16-13-12-15-19(20)24(29)26(23)4/h12-13,15-16,21H,5-11,14,17-18H2,1-4H3/t21-/m1/s1. The second-order valence-electron chi connectivity index (χ2n) is 7.88. The van der Waals surface area contributed by atoms with Gasteiger partial charge in [0.2, 0.25) is 5.91 Å². The van der Waals surface area contributed by atoms with Crippen LogP contribution in [0.5, 0.6) is 0 Å². The van der Waals surface area contributed by atoms with E-state index in [4.69, 9.17) is 4.98 Å². The van der Waals surface area contributed by atoms with E-state index in [9.17, 15) is 9.59 Å². The van der Waals surface area contributed by atoms with E-state index in [0.29, 0.717) is 23.1 Å². The minimum absolute atomic E-state index is 0.0478. The normalized spacial score (nSPS) is 12.3. The van der Waals surface area contributed by atoms with Crippen LogP contribution >= 0.6 is 0 Å². The first-order valence-electron chi connectivity index (χ1n) is 11.3. The summed E-state index contributed by atoms with van der Waals surface area (Å²) in [7, 11) is 1.77. The van der Waals surface area contributed by atoms with Crippen LogP contribution in [0.1, 0.15) is 90.4 Å². The molecule has 0 fully saturated rings. The number of fused-ring (bicyclic) bond motifs is 1. The Morgan fingerprint density at radius 2 is 1.72 bits per heavy atom. The SMILES string of the molecule is CCCCCCN(C(=O)CCCCC)[C@H](CC)c1nc2ccccc2c(=O)n1C. The molecule has 160 valence electrons. The summed E-state index contributed by atoms with van der Waals surface area (Å²) in [5.41, 5.74) is 0.654. The zero-order chi connectivity index (χ0) is 21.2. The molecule has 0 unspecified atom stereocenters. The Kier molecular flexibility index (Phi) is 9.36. The predicted molar refractivity (Wildman–Crippen MR) is 120 cm³/mol. The zero-order valence-corrected chi connectivity index (χ0v) is 18.6. The minimum Gasteiger partial charge on any atom is -0.333 e. The summed E-state index contributed by atoms with van der Waals surface area (Å²) in [5.74, 6) is 0.875. The molecule has 29 heavy (non-hydrogen) atoms. The molecule has 2 aromatic rings. The Morgan fingerprint density at radius 3 is 2.41 bits per heavy atom. The first-order chi connectivity index (χ1) is 14.0. The first-order valence-corrected chi connectivity index (χ1v) is 11.3. The van der Waals surface area contributed by atoms with Gasteiger partial charge in [-0.1, -0.05) is 65.0 Å². The number of amides is 1. The number of carbonyl (C=O) groups is 1. The maximum atomic E-state index is 13.1. The van der Waals surface area contributed by atoms with Crippen LogP contribution in [0.25, 0.3) is 10.9 Å². The third-order valence-corrected chi connectivity index (χ3v) is 5.65. The molecule has 1 aromatic heterocycles. The molecule has 0 spiro atoms. The van der Waals surface area contributed by atoms with Crippen molar-refractivity contribution in [2.75, 3.05) is 6.54 Å². The largest absolute Gasteiger partial charge is 0.333 e. The fourth-order valence-electron chi connectivity index (χ4n) is 3.91. The highest BCUT2D eigenvalue weighted by molar-refractivity contribution is 5.78. The Bertz CT molecular complexity index is 844. The number of aromatic nitrogens is 2. The van der Waals surface area contributed by atoms with Crippen molar-refractivity contribution < 1.29 is 4.79 Å². The van der Waals surface area contributed by atoms with E-state index in [1.165, 1.54) is 12.8 Å². The van der Waals surface area contributed by atoms with Crippen molar-refractivity contribution in [2.45, 2.75) is 84.6 Å². The second kappa shape index (κ2) is 11.7. The second-order valence-corrected chi connectivity index (χ2v) is 7.88. The first kappa shape index (κ1) is 23.1. The van der Waals surface area contributed by atoms with E-state index < -0.39 is 0 Å². The lowest BCUT2D eigenvalue weighted by Crippen LogP contribution is -2.38. The molecular formula is C24H37N3O2. The number of hydrogen-bond donors (Lipinski definition) is 0. The summed E-state index contributed by atoms with van der Waals surface area (Å²) < 4.78 is 1.63. The highest BCUT2D eigenvalue weighted by Crippen LogP contribution is 2.25. The van der Waals surface area contributed by atoms with E-state index in [-0.39, 0.29) is 17.5 Å². The zero-order valence-electron chi connectivity index (χ0n) is 18.6. The summed E-state index contributed by atoms with van der Waals surface area (Å²) in [6, 6.07) is 7.28. The molecule has 0 aliphatic heterocycles. The van der Waals surface area contributed by atoms with Crippen molar-refractivity contribution in [1.82, 2.24) is 14.5 Å². The number of rotatable bonds is 12. The van der Waals surface area contributed by atoms with Crippen molar-refractivity contribution in [3.63, 3.8) is 0 Å². The Morgan fingerprint density at radius 1 is 1.03 bits per heavy atom. The highest BCUT2D eigenvalue weighted by atomic mass is 16.2. The molecule has 2 rings (SSSR count). The Balaban J connectivity index is 2.37.